The Morgan fingerprint density at radius 3 is 2.62 bits per heavy atom. The van der Waals surface area contributed by atoms with Crippen LogP contribution in [0.15, 0.2) is 36.4 Å². The number of piperidine rings is 1. The van der Waals surface area contributed by atoms with Crippen LogP contribution >= 0.6 is 11.8 Å². The molecule has 1 amide bonds. The largest absolute Gasteiger partial charge is 0.453 e. The monoisotopic (exact) mass is 466 g/mol. The van der Waals surface area contributed by atoms with Crippen LogP contribution in [-0.4, -0.2) is 38.8 Å². The lowest BCUT2D eigenvalue weighted by molar-refractivity contribution is -0.146. The molecule has 7 nitrogen and oxygen atoms in total. The number of carbonyl (C=O) groups is 1. The highest BCUT2D eigenvalue weighted by Gasteiger charge is 2.38. The highest BCUT2D eigenvalue weighted by atomic mass is 35.5. The van der Waals surface area contributed by atoms with E-state index >= 15 is 0 Å². The van der Waals surface area contributed by atoms with Gasteiger partial charge in [0.25, 0.3) is 5.82 Å². The first-order valence-corrected chi connectivity index (χ1v) is 10.7. The van der Waals surface area contributed by atoms with Crippen LogP contribution in [0.3, 0.4) is 0 Å². The number of hydrogen-bond acceptors (Lipinski definition) is 5. The molecule has 3 heterocycles. The van der Waals surface area contributed by atoms with Gasteiger partial charge in [0.2, 0.25) is 5.91 Å². The van der Waals surface area contributed by atoms with Crippen LogP contribution in [0.2, 0.25) is 0 Å². The van der Waals surface area contributed by atoms with Crippen LogP contribution in [-0.2, 0) is 11.0 Å². The molecule has 0 spiro atoms. The van der Waals surface area contributed by atoms with Crippen molar-refractivity contribution in [3.8, 4) is 0 Å². The molecule has 0 aliphatic carbocycles. The molecule has 0 radical (unpaired) electrons. The summed E-state index contributed by atoms with van der Waals surface area (Å²) in [6.07, 6.45) is -1.94. The summed E-state index contributed by atoms with van der Waals surface area (Å²) >= 11 is 6.21. The van der Waals surface area contributed by atoms with Crippen LogP contribution in [0.1, 0.15) is 49.9 Å². The summed E-state index contributed by atoms with van der Waals surface area (Å²) in [6.45, 7) is 3.19. The molecule has 2 aromatic heterocycles. The number of benzene rings is 1. The van der Waals surface area contributed by atoms with E-state index < -0.39 is 12.0 Å². The Hall–Kier alpha value is -2.88. The van der Waals surface area contributed by atoms with Crippen molar-refractivity contribution in [1.29, 1.82) is 0 Å². The number of fused-ring (bicyclic) bond motifs is 1. The molecule has 1 fully saturated rings. The van der Waals surface area contributed by atoms with E-state index in [9.17, 15) is 18.0 Å². The lowest BCUT2D eigenvalue weighted by atomic mass is 9.89. The van der Waals surface area contributed by atoms with Crippen molar-refractivity contribution in [2.24, 2.45) is 0 Å². The zero-order valence-electron chi connectivity index (χ0n) is 17.4. The minimum Gasteiger partial charge on any atom is -0.355 e. The molecule has 0 atom stereocenters. The molecule has 3 aromatic rings. The summed E-state index contributed by atoms with van der Waals surface area (Å²) in [5.41, 5.74) is 1.78. The number of hydrogen-bond donors (Lipinski definition) is 0. The summed E-state index contributed by atoms with van der Waals surface area (Å²) in [6, 6.07) is 10.8. The zero-order valence-corrected chi connectivity index (χ0v) is 18.1. The highest BCUT2D eigenvalue weighted by molar-refractivity contribution is 6.36. The predicted molar refractivity (Wildman–Crippen MR) is 115 cm³/mol. The van der Waals surface area contributed by atoms with Crippen LogP contribution < -0.4 is 9.32 Å². The number of carbonyl (C=O) groups excluding carboxylic acids is 1. The number of halogens is 4. The van der Waals surface area contributed by atoms with E-state index in [1.54, 1.807) is 12.1 Å². The first kappa shape index (κ1) is 22.3. The van der Waals surface area contributed by atoms with Gasteiger partial charge >= 0.3 is 6.18 Å². The van der Waals surface area contributed by atoms with Crippen molar-refractivity contribution < 1.29 is 18.0 Å². The number of amides is 1. The molecule has 4 rings (SSSR count). The molecule has 1 saturated heterocycles. The molecule has 0 N–H and O–H groups in total. The topological polar surface area (TPSA) is 66.6 Å². The Balaban J connectivity index is 1.47. The fourth-order valence-corrected chi connectivity index (χ4v) is 4.11. The van der Waals surface area contributed by atoms with Gasteiger partial charge in [0.1, 0.15) is 5.82 Å². The summed E-state index contributed by atoms with van der Waals surface area (Å²) < 4.78 is 41.3. The van der Waals surface area contributed by atoms with Crippen molar-refractivity contribution in [2.45, 2.75) is 44.7 Å². The maximum Gasteiger partial charge on any atom is 0.453 e. The number of rotatable bonds is 5. The average molecular weight is 467 g/mol. The van der Waals surface area contributed by atoms with E-state index in [0.29, 0.717) is 31.0 Å². The molecular formula is C21H22ClF3N6O. The summed E-state index contributed by atoms with van der Waals surface area (Å²) in [7, 11) is 0. The highest BCUT2D eigenvalue weighted by Crippen LogP contribution is 2.33. The molecule has 1 aliphatic heterocycles. The molecule has 0 bridgehead atoms. The quantitative estimate of drug-likeness (QED) is 0.505. The Kier molecular flexibility index (Phi) is 6.23. The summed E-state index contributed by atoms with van der Waals surface area (Å²) in [5.74, 6) is -0.576. The standard InChI is InChI=1S/C21H22ClF3N6O/c1-2-4-19(32)30(22)16-6-3-5-15(13-16)14-9-11-29(12-10-14)18-8-7-17-26-27-20(21(23,24)25)31(17)28-18/h3,5-8,13-14H,2,4,9-12H2,1H3. The summed E-state index contributed by atoms with van der Waals surface area (Å²) in [4.78, 5) is 14.0. The van der Waals surface area contributed by atoms with Gasteiger partial charge in [-0.15, -0.1) is 15.3 Å². The van der Waals surface area contributed by atoms with Crippen LogP contribution in [0.25, 0.3) is 5.65 Å². The number of anilines is 2. The van der Waals surface area contributed by atoms with Gasteiger partial charge in [-0.3, -0.25) is 4.79 Å². The first-order chi connectivity index (χ1) is 15.3. The van der Waals surface area contributed by atoms with Crippen molar-refractivity contribution in [2.75, 3.05) is 22.4 Å². The second-order valence-electron chi connectivity index (χ2n) is 7.76. The minimum atomic E-state index is -4.63. The van der Waals surface area contributed by atoms with E-state index in [1.165, 1.54) is 10.5 Å². The SMILES string of the molecule is CCCC(=O)N(Cl)c1cccc(C2CCN(c3ccc4nnc(C(F)(F)F)n4n3)CC2)c1. The fraction of sp³-hybridized carbons (Fsp3) is 0.429. The number of alkyl halides is 3. The van der Waals surface area contributed by atoms with Gasteiger partial charge in [-0.1, -0.05) is 19.1 Å². The fourth-order valence-electron chi connectivity index (χ4n) is 3.92. The van der Waals surface area contributed by atoms with Gasteiger partial charge in [-0.25, -0.2) is 4.42 Å². The molecule has 0 saturated carbocycles. The van der Waals surface area contributed by atoms with Crippen molar-refractivity contribution in [3.63, 3.8) is 0 Å². The minimum absolute atomic E-state index is 0.0519. The van der Waals surface area contributed by atoms with E-state index in [1.807, 2.05) is 30.0 Å². The van der Waals surface area contributed by atoms with Crippen LogP contribution in [0, 0.1) is 0 Å². The average Bonchev–Trinajstić information content (AvgIpc) is 3.23. The second kappa shape index (κ2) is 8.93. The Labute approximate surface area is 187 Å². The summed E-state index contributed by atoms with van der Waals surface area (Å²) in [5, 5.41) is 10.9. The van der Waals surface area contributed by atoms with E-state index in [0.717, 1.165) is 29.3 Å². The number of nitrogens with zero attached hydrogens (tertiary/aromatic N) is 6. The van der Waals surface area contributed by atoms with Gasteiger partial charge in [0, 0.05) is 31.3 Å². The molecule has 11 heteroatoms. The first-order valence-electron chi connectivity index (χ1n) is 10.4. The third-order valence-electron chi connectivity index (χ3n) is 5.57. The van der Waals surface area contributed by atoms with Crippen LogP contribution in [0.5, 0.6) is 0 Å². The van der Waals surface area contributed by atoms with Gasteiger partial charge in [-0.05, 0) is 55.0 Å². The van der Waals surface area contributed by atoms with Crippen molar-refractivity contribution in [3.05, 3.63) is 47.8 Å². The Bertz CT molecular complexity index is 1110. The van der Waals surface area contributed by atoms with E-state index in [2.05, 4.69) is 15.3 Å². The maximum absolute atomic E-state index is 13.1. The molecule has 170 valence electrons. The normalized spacial score (nSPS) is 15.3. The zero-order chi connectivity index (χ0) is 22.9. The Morgan fingerprint density at radius 1 is 1.19 bits per heavy atom. The second-order valence-corrected chi connectivity index (χ2v) is 8.10. The van der Waals surface area contributed by atoms with E-state index in [-0.39, 0.29) is 17.5 Å². The molecule has 0 unspecified atom stereocenters. The van der Waals surface area contributed by atoms with Crippen molar-refractivity contribution in [1.82, 2.24) is 19.8 Å². The third kappa shape index (κ3) is 4.50. The maximum atomic E-state index is 13.1. The third-order valence-corrected chi connectivity index (χ3v) is 5.96. The predicted octanol–water partition coefficient (Wildman–Crippen LogP) is 4.81. The Morgan fingerprint density at radius 2 is 1.94 bits per heavy atom. The smallest absolute Gasteiger partial charge is 0.355 e. The van der Waals surface area contributed by atoms with Gasteiger partial charge < -0.3 is 4.90 Å². The number of aromatic nitrogens is 4. The molecular weight excluding hydrogens is 445 g/mol. The van der Waals surface area contributed by atoms with Crippen LogP contribution in [0.4, 0.5) is 24.7 Å². The van der Waals surface area contributed by atoms with Gasteiger partial charge in [-0.2, -0.15) is 17.7 Å². The molecule has 1 aliphatic rings. The molecule has 1 aromatic carbocycles. The van der Waals surface area contributed by atoms with Gasteiger partial charge in [0.05, 0.1) is 5.69 Å². The lowest BCUT2D eigenvalue weighted by Crippen LogP contribution is -2.34. The van der Waals surface area contributed by atoms with Gasteiger partial charge in [0.15, 0.2) is 5.65 Å². The van der Waals surface area contributed by atoms with Crippen molar-refractivity contribution >= 4 is 34.8 Å². The molecule has 32 heavy (non-hydrogen) atoms. The lowest BCUT2D eigenvalue weighted by Gasteiger charge is -2.33. The van der Waals surface area contributed by atoms with E-state index in [4.69, 9.17) is 11.8 Å².